The molecule has 0 aliphatic carbocycles. The van der Waals surface area contributed by atoms with Crippen LogP contribution in [0.15, 0.2) is 59.8 Å². The molecule has 7 heteroatoms. The fourth-order valence-corrected chi connectivity index (χ4v) is 3.61. The van der Waals surface area contributed by atoms with Gasteiger partial charge in [0.2, 0.25) is 0 Å². The zero-order chi connectivity index (χ0) is 18.5. The van der Waals surface area contributed by atoms with E-state index in [1.54, 1.807) is 18.0 Å². The maximum atomic E-state index is 5.82. The van der Waals surface area contributed by atoms with Gasteiger partial charge in [-0.15, -0.1) is 11.8 Å². The highest BCUT2D eigenvalue weighted by atomic mass is 32.2. The van der Waals surface area contributed by atoms with Crippen molar-refractivity contribution in [1.82, 2.24) is 15.0 Å². The van der Waals surface area contributed by atoms with Crippen LogP contribution in [0, 0.1) is 0 Å². The standard InChI is InChI=1S/C20H21N5OS/c21-16-6-4-15(5-7-16)20-23-17(14-27-19-3-1-2-8-22-19)13-18(24-20)25-9-11-26-12-10-25/h1-8,13H,9-12,14,21H2. The average Bonchev–Trinajstić information content (AvgIpc) is 2.74. The van der Waals surface area contributed by atoms with Gasteiger partial charge in [-0.05, 0) is 36.4 Å². The Bertz CT molecular complexity index is 883. The van der Waals surface area contributed by atoms with Gasteiger partial charge in [-0.3, -0.25) is 0 Å². The van der Waals surface area contributed by atoms with Crippen molar-refractivity contribution < 1.29 is 4.74 Å². The van der Waals surface area contributed by atoms with Crippen LogP contribution in [0.25, 0.3) is 11.4 Å². The van der Waals surface area contributed by atoms with Crippen molar-refractivity contribution in [2.45, 2.75) is 10.8 Å². The van der Waals surface area contributed by atoms with E-state index in [0.717, 1.165) is 65.7 Å². The summed E-state index contributed by atoms with van der Waals surface area (Å²) in [6.07, 6.45) is 1.81. The summed E-state index contributed by atoms with van der Waals surface area (Å²) in [7, 11) is 0. The Morgan fingerprint density at radius 1 is 1.04 bits per heavy atom. The monoisotopic (exact) mass is 379 g/mol. The van der Waals surface area contributed by atoms with Gasteiger partial charge in [0.05, 0.1) is 23.9 Å². The second kappa shape index (κ2) is 8.37. The second-order valence-electron chi connectivity index (χ2n) is 6.22. The molecule has 0 unspecified atom stereocenters. The van der Waals surface area contributed by atoms with Crippen LogP contribution in [0.3, 0.4) is 0 Å². The van der Waals surface area contributed by atoms with Crippen LogP contribution in [-0.4, -0.2) is 41.3 Å². The van der Waals surface area contributed by atoms with Crippen molar-refractivity contribution in [3.8, 4) is 11.4 Å². The summed E-state index contributed by atoms with van der Waals surface area (Å²) < 4.78 is 5.47. The minimum atomic E-state index is 0.718. The number of hydrogen-bond acceptors (Lipinski definition) is 7. The molecule has 2 N–H and O–H groups in total. The summed E-state index contributed by atoms with van der Waals surface area (Å²) in [5.74, 6) is 2.39. The number of ether oxygens (including phenoxy) is 1. The highest BCUT2D eigenvalue weighted by Gasteiger charge is 2.16. The van der Waals surface area contributed by atoms with E-state index in [9.17, 15) is 0 Å². The number of anilines is 2. The van der Waals surface area contributed by atoms with E-state index in [2.05, 4.69) is 16.0 Å². The van der Waals surface area contributed by atoms with Crippen LogP contribution in [0.4, 0.5) is 11.5 Å². The summed E-state index contributed by atoms with van der Waals surface area (Å²) in [4.78, 5) is 16.2. The fraction of sp³-hybridized carbons (Fsp3) is 0.250. The van der Waals surface area contributed by atoms with Crippen molar-refractivity contribution >= 4 is 23.3 Å². The molecule has 2 aromatic heterocycles. The summed E-state index contributed by atoms with van der Waals surface area (Å²) in [5.41, 5.74) is 8.49. The van der Waals surface area contributed by atoms with Crippen LogP contribution < -0.4 is 10.6 Å². The molecule has 0 bridgehead atoms. The second-order valence-corrected chi connectivity index (χ2v) is 7.21. The van der Waals surface area contributed by atoms with E-state index in [0.29, 0.717) is 0 Å². The molecular weight excluding hydrogens is 358 g/mol. The van der Waals surface area contributed by atoms with Gasteiger partial charge >= 0.3 is 0 Å². The van der Waals surface area contributed by atoms with E-state index >= 15 is 0 Å². The molecule has 0 spiro atoms. The molecule has 1 fully saturated rings. The number of rotatable bonds is 5. The third-order valence-corrected chi connectivity index (χ3v) is 5.25. The Morgan fingerprint density at radius 2 is 1.85 bits per heavy atom. The van der Waals surface area contributed by atoms with Gasteiger partial charge < -0.3 is 15.4 Å². The predicted molar refractivity (Wildman–Crippen MR) is 109 cm³/mol. The third kappa shape index (κ3) is 4.56. The maximum Gasteiger partial charge on any atom is 0.161 e. The van der Waals surface area contributed by atoms with E-state index in [-0.39, 0.29) is 0 Å². The Hall–Kier alpha value is -2.64. The number of benzene rings is 1. The Kier molecular flexibility index (Phi) is 5.50. The lowest BCUT2D eigenvalue weighted by Crippen LogP contribution is -2.37. The fourth-order valence-electron chi connectivity index (χ4n) is 2.85. The van der Waals surface area contributed by atoms with Crippen molar-refractivity contribution in [2.75, 3.05) is 36.9 Å². The summed E-state index contributed by atoms with van der Waals surface area (Å²) >= 11 is 1.67. The van der Waals surface area contributed by atoms with Crippen LogP contribution >= 0.6 is 11.8 Å². The van der Waals surface area contributed by atoms with Crippen LogP contribution in [0.2, 0.25) is 0 Å². The molecule has 1 saturated heterocycles. The lowest BCUT2D eigenvalue weighted by Gasteiger charge is -2.28. The summed E-state index contributed by atoms with van der Waals surface area (Å²) in [6, 6.07) is 15.7. The van der Waals surface area contributed by atoms with Crippen molar-refractivity contribution in [3.63, 3.8) is 0 Å². The van der Waals surface area contributed by atoms with Gasteiger partial charge in [0.25, 0.3) is 0 Å². The first-order valence-corrected chi connectivity index (χ1v) is 9.87. The van der Waals surface area contributed by atoms with Gasteiger partial charge in [-0.1, -0.05) is 6.07 Å². The van der Waals surface area contributed by atoms with Crippen LogP contribution in [0.5, 0.6) is 0 Å². The zero-order valence-electron chi connectivity index (χ0n) is 14.9. The van der Waals surface area contributed by atoms with Gasteiger partial charge in [0, 0.05) is 42.4 Å². The molecule has 0 radical (unpaired) electrons. The molecule has 4 rings (SSSR count). The molecule has 0 amide bonds. The van der Waals surface area contributed by atoms with Crippen molar-refractivity contribution in [2.24, 2.45) is 0 Å². The lowest BCUT2D eigenvalue weighted by atomic mass is 10.2. The average molecular weight is 379 g/mol. The SMILES string of the molecule is Nc1ccc(-c2nc(CSc3ccccn3)cc(N3CCOCC3)n2)cc1. The van der Waals surface area contributed by atoms with Gasteiger partial charge in [0.15, 0.2) is 5.82 Å². The maximum absolute atomic E-state index is 5.82. The molecule has 0 atom stereocenters. The predicted octanol–water partition coefficient (Wildman–Crippen LogP) is 3.25. The Labute approximate surface area is 162 Å². The molecule has 3 aromatic rings. The molecule has 6 nitrogen and oxygen atoms in total. The lowest BCUT2D eigenvalue weighted by molar-refractivity contribution is 0.122. The number of hydrogen-bond donors (Lipinski definition) is 1. The molecule has 1 aliphatic heterocycles. The molecule has 1 aliphatic rings. The normalized spacial score (nSPS) is 14.3. The quantitative estimate of drug-likeness (QED) is 0.538. The summed E-state index contributed by atoms with van der Waals surface area (Å²) in [6.45, 7) is 3.12. The highest BCUT2D eigenvalue weighted by Crippen LogP contribution is 2.25. The molecular formula is C20H21N5OS. The number of nitrogens with two attached hydrogens (primary N) is 1. The first kappa shape index (κ1) is 17.8. The van der Waals surface area contributed by atoms with E-state index in [1.165, 1.54) is 0 Å². The Balaban J connectivity index is 1.64. The number of thioether (sulfide) groups is 1. The molecule has 0 saturated carbocycles. The minimum Gasteiger partial charge on any atom is -0.399 e. The number of nitrogens with zero attached hydrogens (tertiary/aromatic N) is 4. The van der Waals surface area contributed by atoms with Gasteiger partial charge in [0.1, 0.15) is 5.82 Å². The number of nitrogen functional groups attached to an aromatic ring is 1. The zero-order valence-corrected chi connectivity index (χ0v) is 15.7. The van der Waals surface area contributed by atoms with Crippen LogP contribution in [0.1, 0.15) is 5.69 Å². The number of morpholine rings is 1. The van der Waals surface area contributed by atoms with Crippen molar-refractivity contribution in [1.29, 1.82) is 0 Å². The van der Waals surface area contributed by atoms with E-state index in [4.69, 9.17) is 20.4 Å². The first-order valence-electron chi connectivity index (χ1n) is 8.88. The number of pyridine rings is 1. The highest BCUT2D eigenvalue weighted by molar-refractivity contribution is 7.98. The van der Waals surface area contributed by atoms with Crippen molar-refractivity contribution in [3.05, 3.63) is 60.4 Å². The number of aromatic nitrogens is 3. The van der Waals surface area contributed by atoms with Gasteiger partial charge in [-0.25, -0.2) is 15.0 Å². The smallest absolute Gasteiger partial charge is 0.161 e. The Morgan fingerprint density at radius 3 is 2.59 bits per heavy atom. The molecule has 3 heterocycles. The van der Waals surface area contributed by atoms with Gasteiger partial charge in [-0.2, -0.15) is 0 Å². The largest absolute Gasteiger partial charge is 0.399 e. The van der Waals surface area contributed by atoms with E-state index < -0.39 is 0 Å². The van der Waals surface area contributed by atoms with E-state index in [1.807, 2.05) is 42.5 Å². The minimum absolute atomic E-state index is 0.718. The molecule has 27 heavy (non-hydrogen) atoms. The topological polar surface area (TPSA) is 77.2 Å². The summed E-state index contributed by atoms with van der Waals surface area (Å²) in [5, 5.41) is 0.984. The molecule has 138 valence electrons. The van der Waals surface area contributed by atoms with Crippen LogP contribution in [-0.2, 0) is 10.5 Å². The third-order valence-electron chi connectivity index (χ3n) is 4.28. The molecule has 1 aromatic carbocycles. The first-order chi connectivity index (χ1) is 13.3.